The van der Waals surface area contributed by atoms with E-state index in [-0.39, 0.29) is 28.1 Å². The quantitative estimate of drug-likeness (QED) is 0.296. The molecule has 4 aromatic rings. The lowest BCUT2D eigenvalue weighted by Gasteiger charge is -2.33. The number of hydrogen-bond donors (Lipinski definition) is 2. The number of nitrogens with one attached hydrogen (secondary N) is 2. The Labute approximate surface area is 254 Å². The van der Waals surface area contributed by atoms with Crippen molar-refractivity contribution in [1.29, 1.82) is 0 Å². The number of carbonyl (C=O) groups is 1. The number of halogens is 1. The van der Waals surface area contributed by atoms with E-state index in [1.165, 1.54) is 6.07 Å². The van der Waals surface area contributed by atoms with Gasteiger partial charge in [0, 0.05) is 44.4 Å². The first-order valence-electron chi connectivity index (χ1n) is 14.0. The second-order valence-corrected chi connectivity index (χ2v) is 13.8. The first-order chi connectivity index (χ1) is 20.3. The number of nitrogens with zero attached hydrogens (tertiary/aromatic N) is 6. The van der Waals surface area contributed by atoms with Crippen LogP contribution in [0, 0.1) is 12.8 Å². The lowest BCUT2D eigenvalue weighted by Crippen LogP contribution is -2.39. The van der Waals surface area contributed by atoms with E-state index in [1.54, 1.807) is 17.7 Å². The number of fused-ring (bicyclic) bond motifs is 3. The molecule has 6 rings (SSSR count). The highest BCUT2D eigenvalue weighted by molar-refractivity contribution is 7.89. The maximum absolute atomic E-state index is 13.7. The summed E-state index contributed by atoms with van der Waals surface area (Å²) in [6.45, 7) is 4.59. The van der Waals surface area contributed by atoms with Gasteiger partial charge in [0.2, 0.25) is 16.0 Å². The average Bonchev–Trinajstić information content (AvgIpc) is 3.66. The summed E-state index contributed by atoms with van der Waals surface area (Å²) in [6, 6.07) is 8.79. The normalized spacial score (nSPS) is 20.5. The summed E-state index contributed by atoms with van der Waals surface area (Å²) < 4.78 is 28.9. The highest BCUT2D eigenvalue weighted by Crippen LogP contribution is 2.48. The number of amides is 1. The van der Waals surface area contributed by atoms with Crippen molar-refractivity contribution < 1.29 is 13.2 Å². The molecule has 1 saturated heterocycles. The van der Waals surface area contributed by atoms with Crippen LogP contribution in [0.3, 0.4) is 0 Å². The molecule has 226 valence electrons. The number of benzene rings is 1. The lowest BCUT2D eigenvalue weighted by atomic mass is 9.91. The number of aryl methyl sites for hydroxylation is 2. The fraction of sp³-hybridized carbons (Fsp3) is 0.414. The molecule has 2 N–H and O–H groups in total. The van der Waals surface area contributed by atoms with Crippen LogP contribution in [0.15, 0.2) is 41.3 Å². The second kappa shape index (κ2) is 10.6. The molecule has 1 aromatic carbocycles. The lowest BCUT2D eigenvalue weighted by molar-refractivity contribution is 0.0977. The molecule has 43 heavy (non-hydrogen) atoms. The summed E-state index contributed by atoms with van der Waals surface area (Å²) in [4.78, 5) is 37.9. The van der Waals surface area contributed by atoms with Crippen LogP contribution in [-0.4, -0.2) is 57.5 Å². The van der Waals surface area contributed by atoms with Crippen LogP contribution in [-0.2, 0) is 24.1 Å². The fourth-order valence-corrected chi connectivity index (χ4v) is 7.15. The minimum Gasteiger partial charge on any atom is -0.377 e. The maximum Gasteiger partial charge on any atom is 0.285 e. The van der Waals surface area contributed by atoms with Gasteiger partial charge < -0.3 is 10.2 Å². The molecular formula is C29H33ClN8O4S. The smallest absolute Gasteiger partial charge is 0.285 e. The molecule has 1 aliphatic carbocycles. The van der Waals surface area contributed by atoms with Gasteiger partial charge in [-0.3, -0.25) is 18.8 Å². The van der Waals surface area contributed by atoms with Crippen molar-refractivity contribution in [3.05, 3.63) is 74.6 Å². The predicted octanol–water partition coefficient (Wildman–Crippen LogP) is 3.27. The molecule has 4 atom stereocenters. The molecule has 2 aliphatic rings. The van der Waals surface area contributed by atoms with Gasteiger partial charge in [-0.2, -0.15) is 5.10 Å². The molecule has 1 saturated carbocycles. The van der Waals surface area contributed by atoms with Gasteiger partial charge in [-0.25, -0.2) is 23.1 Å². The van der Waals surface area contributed by atoms with Crippen molar-refractivity contribution in [3.63, 3.8) is 0 Å². The number of anilines is 2. The molecule has 2 bridgehead atoms. The van der Waals surface area contributed by atoms with E-state index in [1.807, 2.05) is 48.6 Å². The number of piperidine rings is 1. The van der Waals surface area contributed by atoms with E-state index in [0.29, 0.717) is 28.7 Å². The van der Waals surface area contributed by atoms with E-state index in [9.17, 15) is 18.0 Å². The summed E-state index contributed by atoms with van der Waals surface area (Å²) in [5, 5.41) is 8.45. The summed E-state index contributed by atoms with van der Waals surface area (Å²) in [5.41, 5.74) is 3.31. The Balaban J connectivity index is 1.35. The Morgan fingerprint density at radius 2 is 1.91 bits per heavy atom. The van der Waals surface area contributed by atoms with Crippen LogP contribution in [0.25, 0.3) is 10.9 Å². The Morgan fingerprint density at radius 3 is 2.56 bits per heavy atom. The molecule has 3 aromatic heterocycles. The van der Waals surface area contributed by atoms with E-state index in [2.05, 4.69) is 26.4 Å². The fourth-order valence-electron chi connectivity index (χ4n) is 6.57. The highest BCUT2D eigenvalue weighted by Gasteiger charge is 2.47. The zero-order valence-corrected chi connectivity index (χ0v) is 26.1. The van der Waals surface area contributed by atoms with E-state index in [4.69, 9.17) is 16.6 Å². The van der Waals surface area contributed by atoms with Crippen molar-refractivity contribution in [2.45, 2.75) is 44.7 Å². The monoisotopic (exact) mass is 624 g/mol. The van der Waals surface area contributed by atoms with Gasteiger partial charge in [-0.05, 0) is 62.4 Å². The van der Waals surface area contributed by atoms with Crippen LogP contribution < -0.4 is 20.5 Å². The molecular weight excluding hydrogens is 592 g/mol. The minimum absolute atomic E-state index is 0.0397. The number of rotatable bonds is 7. The Kier molecular flexibility index (Phi) is 7.20. The van der Waals surface area contributed by atoms with E-state index < -0.39 is 22.0 Å². The SMILES string of the molecule is Cc1cc([C@@H](C)Nc2ccc(Cl)nc2C(=O)NS(C)(=O)=O)c2nc(N3C[C@@H]4C[C@H]3C[C@@H]4c3ccn(C)n3)n(C)c(=O)c2c1. The third kappa shape index (κ3) is 5.47. The zero-order valence-electron chi connectivity index (χ0n) is 24.5. The summed E-state index contributed by atoms with van der Waals surface area (Å²) >= 11 is 6.04. The molecule has 2 fully saturated rings. The third-order valence-corrected chi connectivity index (χ3v) is 9.20. The third-order valence-electron chi connectivity index (χ3n) is 8.44. The molecule has 1 amide bonds. The van der Waals surface area contributed by atoms with Crippen LogP contribution in [0.1, 0.15) is 59.0 Å². The first kappa shape index (κ1) is 29.1. The van der Waals surface area contributed by atoms with Gasteiger partial charge in [-0.1, -0.05) is 17.7 Å². The number of sulfonamides is 1. The molecule has 1 aliphatic heterocycles. The Hall–Kier alpha value is -3.97. The van der Waals surface area contributed by atoms with Gasteiger partial charge in [0.1, 0.15) is 5.15 Å². The summed E-state index contributed by atoms with van der Waals surface area (Å²) in [5.74, 6) is 0.545. The van der Waals surface area contributed by atoms with Gasteiger partial charge >= 0.3 is 0 Å². The number of carbonyl (C=O) groups excluding carboxylic acids is 1. The molecule has 0 radical (unpaired) electrons. The molecule has 14 heteroatoms. The van der Waals surface area contributed by atoms with Crippen molar-refractivity contribution >= 4 is 50.1 Å². The molecule has 4 heterocycles. The van der Waals surface area contributed by atoms with Crippen molar-refractivity contribution in [3.8, 4) is 0 Å². The van der Waals surface area contributed by atoms with Crippen molar-refractivity contribution in [2.24, 2.45) is 20.0 Å². The first-order valence-corrected chi connectivity index (χ1v) is 16.3. The Bertz CT molecular complexity index is 1940. The van der Waals surface area contributed by atoms with Gasteiger partial charge in [0.05, 0.1) is 34.6 Å². The van der Waals surface area contributed by atoms with Crippen LogP contribution in [0.2, 0.25) is 5.15 Å². The number of aromatic nitrogens is 5. The number of hydrogen-bond acceptors (Lipinski definition) is 9. The van der Waals surface area contributed by atoms with Crippen LogP contribution in [0.5, 0.6) is 0 Å². The summed E-state index contributed by atoms with van der Waals surface area (Å²) in [7, 11) is -0.129. The van der Waals surface area contributed by atoms with Crippen LogP contribution >= 0.6 is 11.6 Å². The van der Waals surface area contributed by atoms with Crippen molar-refractivity contribution in [2.75, 3.05) is 23.0 Å². The summed E-state index contributed by atoms with van der Waals surface area (Å²) in [6.07, 6.45) is 4.85. The standard InChI is InChI=1S/C29H33ClN8O4S/c1-15-10-19(16(2)31-23-6-7-24(30)32-26(23)27(39)35-43(5,41)42)25-21(11-15)28(40)37(4)29(33-25)38-14-17-12-18(38)13-20(17)22-8-9-36(3)34-22/h6-11,16-18,20,31H,12-14H2,1-5H3,(H,35,39)/t16-,17+,18+,20+/m1/s1. The van der Waals surface area contributed by atoms with E-state index >= 15 is 0 Å². The van der Waals surface area contributed by atoms with Crippen LogP contribution in [0.4, 0.5) is 11.6 Å². The molecule has 0 spiro atoms. The molecule has 12 nitrogen and oxygen atoms in total. The average molecular weight is 625 g/mol. The van der Waals surface area contributed by atoms with Gasteiger partial charge in [0.15, 0.2) is 5.69 Å². The number of pyridine rings is 1. The Morgan fingerprint density at radius 1 is 1.14 bits per heavy atom. The minimum atomic E-state index is -3.83. The maximum atomic E-state index is 13.7. The molecule has 0 unspecified atom stereocenters. The second-order valence-electron chi connectivity index (χ2n) is 11.7. The topological polar surface area (TPSA) is 144 Å². The van der Waals surface area contributed by atoms with Crippen molar-refractivity contribution in [1.82, 2.24) is 29.0 Å². The zero-order chi connectivity index (χ0) is 30.8. The van der Waals surface area contributed by atoms with Gasteiger partial charge in [0.25, 0.3) is 11.5 Å². The highest BCUT2D eigenvalue weighted by atomic mass is 35.5. The predicted molar refractivity (Wildman–Crippen MR) is 165 cm³/mol. The van der Waals surface area contributed by atoms with Gasteiger partial charge in [-0.15, -0.1) is 0 Å². The largest absolute Gasteiger partial charge is 0.377 e. The van der Waals surface area contributed by atoms with E-state index in [0.717, 1.165) is 42.5 Å².